The van der Waals surface area contributed by atoms with E-state index < -0.39 is 23.4 Å². The normalized spacial score (nSPS) is 10.3. The molecule has 0 saturated heterocycles. The molecule has 0 unspecified atom stereocenters. The number of aryl methyl sites for hydroxylation is 1. The number of nitro benzene ring substituents is 1. The van der Waals surface area contributed by atoms with E-state index in [0.29, 0.717) is 17.1 Å². The first-order valence-corrected chi connectivity index (χ1v) is 8.07. The Kier molecular flexibility index (Phi) is 6.30. The summed E-state index contributed by atoms with van der Waals surface area (Å²) in [5.41, 5.74) is 0.712. The first kappa shape index (κ1) is 19.4. The fourth-order valence-electron chi connectivity index (χ4n) is 2.33. The Balaban J connectivity index is 1.98. The zero-order valence-corrected chi connectivity index (χ0v) is 15.0. The van der Waals surface area contributed by atoms with Crippen LogP contribution in [-0.4, -0.2) is 35.4 Å². The van der Waals surface area contributed by atoms with Gasteiger partial charge >= 0.3 is 5.97 Å². The number of rotatable bonds is 6. The maximum Gasteiger partial charge on any atom is 0.345 e. The standard InChI is InChI=1S/C18H17ClN2O5/c1-12-4-3-5-15(17(12)21(24)25)18(23)26-11-16(22)20(2)10-13-6-8-14(19)9-7-13/h3-9H,10-11H2,1-2H3. The van der Waals surface area contributed by atoms with E-state index in [-0.39, 0.29) is 11.3 Å². The minimum absolute atomic E-state index is 0.178. The molecule has 0 aliphatic carbocycles. The van der Waals surface area contributed by atoms with E-state index in [0.717, 1.165) is 5.56 Å². The quantitative estimate of drug-likeness (QED) is 0.438. The van der Waals surface area contributed by atoms with Gasteiger partial charge in [0.15, 0.2) is 6.61 Å². The molecule has 0 radical (unpaired) electrons. The smallest absolute Gasteiger partial charge is 0.345 e. The van der Waals surface area contributed by atoms with Crippen molar-refractivity contribution in [2.45, 2.75) is 13.5 Å². The molecular formula is C18H17ClN2O5. The lowest BCUT2D eigenvalue weighted by Gasteiger charge is -2.17. The molecule has 7 nitrogen and oxygen atoms in total. The van der Waals surface area contributed by atoms with Gasteiger partial charge in [-0.2, -0.15) is 0 Å². The molecule has 0 fully saturated rings. The monoisotopic (exact) mass is 376 g/mol. The maximum atomic E-state index is 12.1. The number of ether oxygens (including phenoxy) is 1. The second-order valence-electron chi connectivity index (χ2n) is 5.68. The lowest BCUT2D eigenvalue weighted by atomic mass is 10.1. The van der Waals surface area contributed by atoms with Gasteiger partial charge in [0.25, 0.3) is 11.6 Å². The van der Waals surface area contributed by atoms with E-state index in [2.05, 4.69) is 0 Å². The Labute approximate surface area is 155 Å². The maximum absolute atomic E-state index is 12.1. The van der Waals surface area contributed by atoms with E-state index in [1.807, 2.05) is 0 Å². The molecular weight excluding hydrogens is 360 g/mol. The van der Waals surface area contributed by atoms with Gasteiger partial charge < -0.3 is 9.64 Å². The van der Waals surface area contributed by atoms with Gasteiger partial charge in [0, 0.05) is 24.2 Å². The minimum atomic E-state index is -0.909. The number of hydrogen-bond acceptors (Lipinski definition) is 5. The molecule has 0 bridgehead atoms. The van der Waals surface area contributed by atoms with Gasteiger partial charge in [-0.05, 0) is 30.7 Å². The van der Waals surface area contributed by atoms with Crippen molar-refractivity contribution < 1.29 is 19.2 Å². The van der Waals surface area contributed by atoms with E-state index in [4.69, 9.17) is 16.3 Å². The molecule has 26 heavy (non-hydrogen) atoms. The number of carbonyl (C=O) groups is 2. The first-order valence-electron chi connectivity index (χ1n) is 7.69. The zero-order valence-electron chi connectivity index (χ0n) is 14.3. The number of likely N-dealkylation sites (N-methyl/N-ethyl adjacent to an activating group) is 1. The number of hydrogen-bond donors (Lipinski definition) is 0. The largest absolute Gasteiger partial charge is 0.452 e. The average Bonchev–Trinajstić information content (AvgIpc) is 2.60. The van der Waals surface area contributed by atoms with Gasteiger partial charge in [-0.3, -0.25) is 14.9 Å². The van der Waals surface area contributed by atoms with E-state index in [1.165, 1.54) is 30.0 Å². The Bertz CT molecular complexity index is 836. The van der Waals surface area contributed by atoms with Crippen molar-refractivity contribution in [3.63, 3.8) is 0 Å². The zero-order chi connectivity index (χ0) is 19.3. The van der Waals surface area contributed by atoms with Gasteiger partial charge in [-0.15, -0.1) is 0 Å². The van der Waals surface area contributed by atoms with Crippen molar-refractivity contribution in [2.75, 3.05) is 13.7 Å². The lowest BCUT2D eigenvalue weighted by Crippen LogP contribution is -2.30. The SMILES string of the molecule is Cc1cccc(C(=O)OCC(=O)N(C)Cc2ccc(Cl)cc2)c1[N+](=O)[O-]. The predicted octanol–water partition coefficient (Wildman–Crippen LogP) is 3.37. The summed E-state index contributed by atoms with van der Waals surface area (Å²) in [6.07, 6.45) is 0. The average molecular weight is 377 g/mol. The molecule has 0 aliphatic rings. The molecule has 2 aromatic carbocycles. The summed E-state index contributed by atoms with van der Waals surface area (Å²) in [6.45, 7) is 1.34. The Hall–Kier alpha value is -2.93. The van der Waals surface area contributed by atoms with Crippen LogP contribution in [0.25, 0.3) is 0 Å². The van der Waals surface area contributed by atoms with Crippen molar-refractivity contribution in [1.82, 2.24) is 4.90 Å². The Morgan fingerprint density at radius 2 is 1.85 bits per heavy atom. The first-order chi connectivity index (χ1) is 12.3. The molecule has 0 N–H and O–H groups in total. The van der Waals surface area contributed by atoms with Crippen LogP contribution in [0.2, 0.25) is 5.02 Å². The fraction of sp³-hybridized carbons (Fsp3) is 0.222. The molecule has 0 spiro atoms. The Morgan fingerprint density at radius 1 is 1.19 bits per heavy atom. The second kappa shape index (κ2) is 8.44. The van der Waals surface area contributed by atoms with Gasteiger partial charge in [0.1, 0.15) is 5.56 Å². The number of halogens is 1. The highest BCUT2D eigenvalue weighted by molar-refractivity contribution is 6.30. The third-order valence-electron chi connectivity index (χ3n) is 3.73. The summed E-state index contributed by atoms with van der Waals surface area (Å²) in [6, 6.07) is 11.4. The Morgan fingerprint density at radius 3 is 2.46 bits per heavy atom. The molecule has 0 aliphatic heterocycles. The van der Waals surface area contributed by atoms with Crippen LogP contribution < -0.4 is 0 Å². The van der Waals surface area contributed by atoms with Crippen LogP contribution in [0.4, 0.5) is 5.69 Å². The lowest BCUT2D eigenvalue weighted by molar-refractivity contribution is -0.385. The molecule has 0 saturated carbocycles. The van der Waals surface area contributed by atoms with Gasteiger partial charge in [-0.1, -0.05) is 35.9 Å². The van der Waals surface area contributed by atoms with Crippen molar-refractivity contribution in [3.8, 4) is 0 Å². The van der Waals surface area contributed by atoms with Crippen LogP contribution in [0.5, 0.6) is 0 Å². The predicted molar refractivity (Wildman–Crippen MR) is 96.0 cm³/mol. The van der Waals surface area contributed by atoms with Crippen molar-refractivity contribution in [2.24, 2.45) is 0 Å². The van der Waals surface area contributed by atoms with Gasteiger partial charge in [-0.25, -0.2) is 4.79 Å². The minimum Gasteiger partial charge on any atom is -0.452 e. The van der Waals surface area contributed by atoms with E-state index in [9.17, 15) is 19.7 Å². The second-order valence-corrected chi connectivity index (χ2v) is 6.12. The molecule has 1 amide bonds. The third-order valence-corrected chi connectivity index (χ3v) is 3.98. The topological polar surface area (TPSA) is 89.8 Å². The number of carbonyl (C=O) groups excluding carboxylic acids is 2. The van der Waals surface area contributed by atoms with Gasteiger partial charge in [0.05, 0.1) is 4.92 Å². The number of benzene rings is 2. The number of nitrogens with zero attached hydrogens (tertiary/aromatic N) is 2. The van der Waals surface area contributed by atoms with Crippen molar-refractivity contribution >= 4 is 29.2 Å². The summed E-state index contributed by atoms with van der Waals surface area (Å²) in [7, 11) is 1.57. The third kappa shape index (κ3) is 4.80. The summed E-state index contributed by atoms with van der Waals surface area (Å²) < 4.78 is 4.96. The molecule has 2 aromatic rings. The number of esters is 1. The van der Waals surface area contributed by atoms with Crippen LogP contribution in [0.1, 0.15) is 21.5 Å². The highest BCUT2D eigenvalue weighted by Gasteiger charge is 2.24. The fourth-order valence-corrected chi connectivity index (χ4v) is 2.46. The number of para-hydroxylation sites is 1. The van der Waals surface area contributed by atoms with E-state index >= 15 is 0 Å². The van der Waals surface area contributed by atoms with Gasteiger partial charge in [0.2, 0.25) is 0 Å². The molecule has 2 rings (SSSR count). The van der Waals surface area contributed by atoms with Crippen LogP contribution >= 0.6 is 11.6 Å². The number of amides is 1. The molecule has 136 valence electrons. The van der Waals surface area contributed by atoms with Crippen LogP contribution in [0, 0.1) is 17.0 Å². The molecule has 8 heteroatoms. The van der Waals surface area contributed by atoms with Crippen LogP contribution in [0.3, 0.4) is 0 Å². The molecule has 0 heterocycles. The summed E-state index contributed by atoms with van der Waals surface area (Å²) in [5.74, 6) is -1.34. The highest BCUT2D eigenvalue weighted by Crippen LogP contribution is 2.23. The summed E-state index contributed by atoms with van der Waals surface area (Å²) in [4.78, 5) is 36.1. The molecule has 0 aromatic heterocycles. The van der Waals surface area contributed by atoms with Crippen LogP contribution in [-0.2, 0) is 16.1 Å². The van der Waals surface area contributed by atoms with Crippen LogP contribution in [0.15, 0.2) is 42.5 Å². The molecule has 0 atom stereocenters. The number of nitro groups is 1. The highest BCUT2D eigenvalue weighted by atomic mass is 35.5. The summed E-state index contributed by atoms with van der Waals surface area (Å²) >= 11 is 5.81. The van der Waals surface area contributed by atoms with Crippen molar-refractivity contribution in [3.05, 3.63) is 74.3 Å². The summed E-state index contributed by atoms with van der Waals surface area (Å²) in [5, 5.41) is 11.7. The van der Waals surface area contributed by atoms with E-state index in [1.54, 1.807) is 31.3 Å². The van der Waals surface area contributed by atoms with Crippen molar-refractivity contribution in [1.29, 1.82) is 0 Å².